The zero-order valence-electron chi connectivity index (χ0n) is 19.0. The first kappa shape index (κ1) is 27.3. The Morgan fingerprint density at radius 3 is 2.11 bits per heavy atom. The van der Waals surface area contributed by atoms with Crippen molar-refractivity contribution in [1.82, 2.24) is 16.0 Å². The van der Waals surface area contributed by atoms with Gasteiger partial charge in [-0.3, -0.25) is 19.8 Å². The smallest absolute Gasteiger partial charge is 0.330 e. The Balaban J connectivity index is 1.89. The Morgan fingerprint density at radius 1 is 0.917 bits per heavy atom. The summed E-state index contributed by atoms with van der Waals surface area (Å²) in [6.45, 7) is -0.133. The summed E-state index contributed by atoms with van der Waals surface area (Å²) in [7, 11) is 0. The molecule has 190 valence electrons. The normalized spacial score (nSPS) is 11.9. The van der Waals surface area contributed by atoms with E-state index < -0.39 is 48.3 Å². The Morgan fingerprint density at radius 2 is 1.56 bits per heavy atom. The first-order chi connectivity index (χ1) is 17.1. The summed E-state index contributed by atoms with van der Waals surface area (Å²) in [5.41, 5.74) is 6.54. The van der Waals surface area contributed by atoms with Crippen LogP contribution in [-0.2, 0) is 19.2 Å². The first-order valence-corrected chi connectivity index (χ1v) is 10.7. The molecule has 13 heteroatoms. The van der Waals surface area contributed by atoms with Gasteiger partial charge in [0.1, 0.15) is 11.9 Å². The number of carboxylic acids is 2. The van der Waals surface area contributed by atoms with Gasteiger partial charge in [-0.2, -0.15) is 0 Å². The van der Waals surface area contributed by atoms with Crippen LogP contribution in [0.15, 0.2) is 54.6 Å². The molecule has 0 fully saturated rings. The molecule has 2 atom stereocenters. The molecule has 13 nitrogen and oxygen atoms in total. The van der Waals surface area contributed by atoms with E-state index in [1.807, 2.05) is 0 Å². The summed E-state index contributed by atoms with van der Waals surface area (Å²) in [5.74, 6) is -4.57. The van der Waals surface area contributed by atoms with Crippen molar-refractivity contribution in [3.8, 4) is 0 Å². The molecule has 2 aromatic carbocycles. The fourth-order valence-electron chi connectivity index (χ4n) is 3.02. The van der Waals surface area contributed by atoms with E-state index in [4.69, 9.17) is 16.2 Å². The molecule has 2 aromatic rings. The Labute approximate surface area is 205 Å². The third kappa shape index (κ3) is 8.78. The van der Waals surface area contributed by atoms with Crippen molar-refractivity contribution in [1.29, 1.82) is 5.41 Å². The molecule has 0 saturated heterocycles. The molecule has 0 aliphatic heterocycles. The van der Waals surface area contributed by atoms with E-state index in [0.29, 0.717) is 11.3 Å². The van der Waals surface area contributed by atoms with Crippen LogP contribution in [0.3, 0.4) is 0 Å². The van der Waals surface area contributed by atoms with E-state index in [0.717, 1.165) is 0 Å². The van der Waals surface area contributed by atoms with Gasteiger partial charge in [-0.05, 0) is 29.8 Å². The van der Waals surface area contributed by atoms with Crippen LogP contribution < -0.4 is 27.0 Å². The monoisotopic (exact) mass is 498 g/mol. The van der Waals surface area contributed by atoms with Gasteiger partial charge in [-0.1, -0.05) is 30.3 Å². The number of hydrogen-bond donors (Lipinski definition) is 8. The van der Waals surface area contributed by atoms with Crippen molar-refractivity contribution in [2.45, 2.75) is 24.9 Å². The minimum absolute atomic E-state index is 0.120. The summed E-state index contributed by atoms with van der Waals surface area (Å²) in [6.07, 6.45) is -1.05. The van der Waals surface area contributed by atoms with Gasteiger partial charge in [0.2, 0.25) is 11.8 Å². The predicted molar refractivity (Wildman–Crippen MR) is 128 cm³/mol. The van der Waals surface area contributed by atoms with E-state index in [1.165, 1.54) is 24.3 Å². The third-order valence-corrected chi connectivity index (χ3v) is 4.79. The summed E-state index contributed by atoms with van der Waals surface area (Å²) in [4.78, 5) is 59.7. The van der Waals surface area contributed by atoms with E-state index in [2.05, 4.69) is 21.3 Å². The summed E-state index contributed by atoms with van der Waals surface area (Å²) in [5, 5.41) is 35.4. The highest BCUT2D eigenvalue weighted by atomic mass is 16.4. The molecule has 0 spiro atoms. The number of anilines is 1. The third-order valence-electron chi connectivity index (χ3n) is 4.79. The van der Waals surface area contributed by atoms with Crippen molar-refractivity contribution >= 4 is 41.3 Å². The van der Waals surface area contributed by atoms with Gasteiger partial charge in [0.25, 0.3) is 0 Å². The number of amides is 4. The molecule has 0 heterocycles. The zero-order valence-corrected chi connectivity index (χ0v) is 19.0. The molecular weight excluding hydrogens is 472 g/mol. The number of nitrogens with two attached hydrogens (primary N) is 1. The molecule has 0 unspecified atom stereocenters. The second-order valence-electron chi connectivity index (χ2n) is 7.53. The van der Waals surface area contributed by atoms with Crippen molar-refractivity contribution < 1.29 is 34.2 Å². The molecule has 4 amide bonds. The number of nitrogens with one attached hydrogen (secondary N) is 5. The van der Waals surface area contributed by atoms with Crippen LogP contribution in [0.1, 0.15) is 30.0 Å². The minimum Gasteiger partial charge on any atom is -0.481 e. The average Bonchev–Trinajstić information content (AvgIpc) is 2.82. The van der Waals surface area contributed by atoms with Gasteiger partial charge in [0.15, 0.2) is 6.04 Å². The van der Waals surface area contributed by atoms with E-state index in [-0.39, 0.29) is 24.4 Å². The molecule has 0 bridgehead atoms. The van der Waals surface area contributed by atoms with Crippen LogP contribution in [0.2, 0.25) is 0 Å². The Bertz CT molecular complexity index is 1120. The van der Waals surface area contributed by atoms with Crippen LogP contribution in [0, 0.1) is 5.41 Å². The molecular formula is C23H26N6O7. The van der Waals surface area contributed by atoms with Crippen LogP contribution in [-0.4, -0.2) is 58.4 Å². The maximum absolute atomic E-state index is 12.6. The molecule has 36 heavy (non-hydrogen) atoms. The minimum atomic E-state index is -1.53. The highest BCUT2D eigenvalue weighted by molar-refractivity contribution is 5.96. The van der Waals surface area contributed by atoms with Crippen molar-refractivity contribution in [2.24, 2.45) is 5.73 Å². The molecule has 0 saturated carbocycles. The number of amidine groups is 1. The second-order valence-corrected chi connectivity index (χ2v) is 7.53. The van der Waals surface area contributed by atoms with Gasteiger partial charge >= 0.3 is 18.0 Å². The van der Waals surface area contributed by atoms with Gasteiger partial charge in [0, 0.05) is 24.2 Å². The lowest BCUT2D eigenvalue weighted by Crippen LogP contribution is -2.50. The number of hydrogen-bond acceptors (Lipinski definition) is 6. The molecule has 0 aromatic heterocycles. The Kier molecular flexibility index (Phi) is 9.92. The second kappa shape index (κ2) is 13.1. The lowest BCUT2D eigenvalue weighted by atomic mass is 10.1. The van der Waals surface area contributed by atoms with E-state index in [1.54, 1.807) is 30.3 Å². The summed E-state index contributed by atoms with van der Waals surface area (Å²) >= 11 is 0. The molecule has 0 radical (unpaired) electrons. The van der Waals surface area contributed by atoms with Crippen LogP contribution >= 0.6 is 0 Å². The van der Waals surface area contributed by atoms with Gasteiger partial charge in [0.05, 0.1) is 6.42 Å². The molecule has 2 rings (SSSR count). The Hall–Kier alpha value is -4.94. The van der Waals surface area contributed by atoms with E-state index >= 15 is 0 Å². The lowest BCUT2D eigenvalue weighted by Gasteiger charge is -2.20. The van der Waals surface area contributed by atoms with Crippen LogP contribution in [0.5, 0.6) is 0 Å². The highest BCUT2D eigenvalue weighted by Gasteiger charge is 2.29. The average molecular weight is 498 g/mol. The number of carbonyl (C=O) groups is 5. The first-order valence-electron chi connectivity index (χ1n) is 10.7. The number of urea groups is 1. The molecule has 9 N–H and O–H groups in total. The number of aliphatic carboxylic acids is 2. The molecule has 0 aliphatic rings. The van der Waals surface area contributed by atoms with Gasteiger partial charge in [-0.15, -0.1) is 0 Å². The SMILES string of the molecule is N=C(N)c1ccc(NC(=O)NCCC(=O)N[C@@H](CC(=O)O)C(=O)N[C@H](C(=O)O)c2ccccc2)cc1. The van der Waals surface area contributed by atoms with Gasteiger partial charge < -0.3 is 37.2 Å². The lowest BCUT2D eigenvalue weighted by molar-refractivity contribution is -0.143. The van der Waals surface area contributed by atoms with Crippen molar-refractivity contribution in [3.05, 3.63) is 65.7 Å². The fourth-order valence-corrected chi connectivity index (χ4v) is 3.02. The maximum atomic E-state index is 12.6. The maximum Gasteiger partial charge on any atom is 0.330 e. The quantitative estimate of drug-likeness (QED) is 0.150. The number of benzene rings is 2. The topological polar surface area (TPSA) is 224 Å². The fraction of sp³-hybridized carbons (Fsp3) is 0.217. The van der Waals surface area contributed by atoms with Crippen LogP contribution in [0.25, 0.3) is 0 Å². The van der Waals surface area contributed by atoms with Crippen molar-refractivity contribution in [3.63, 3.8) is 0 Å². The highest BCUT2D eigenvalue weighted by Crippen LogP contribution is 2.13. The zero-order chi connectivity index (χ0) is 26.7. The number of carbonyl (C=O) groups excluding carboxylic acids is 3. The largest absolute Gasteiger partial charge is 0.481 e. The standard InChI is InChI=1S/C23H26N6O7/c24-20(25)14-6-8-15(9-7-14)27-23(36)26-11-10-17(30)28-16(12-18(31)32)21(33)29-19(22(34)35)13-4-2-1-3-5-13/h1-9,16,19H,10-12H2,(H3,24,25)(H,28,30)(H,29,33)(H,31,32)(H,34,35)(H2,26,27,36)/t16-,19-/m0/s1. The number of rotatable bonds is 12. The van der Waals surface area contributed by atoms with Crippen LogP contribution in [0.4, 0.5) is 10.5 Å². The van der Waals surface area contributed by atoms with Crippen molar-refractivity contribution in [2.75, 3.05) is 11.9 Å². The van der Waals surface area contributed by atoms with Gasteiger partial charge in [-0.25, -0.2) is 9.59 Å². The number of nitrogen functional groups attached to an aromatic ring is 1. The summed E-state index contributed by atoms with van der Waals surface area (Å²) < 4.78 is 0. The summed E-state index contributed by atoms with van der Waals surface area (Å²) in [6, 6.07) is 10.4. The molecule has 0 aliphatic carbocycles. The van der Waals surface area contributed by atoms with E-state index in [9.17, 15) is 29.1 Å². The number of carboxylic acid groups (broad SMARTS) is 2. The predicted octanol–water partition coefficient (Wildman–Crippen LogP) is 0.384.